The van der Waals surface area contributed by atoms with Gasteiger partial charge in [0, 0.05) is 25.6 Å². The minimum Gasteiger partial charge on any atom is -0.369 e. The number of nitrogens with one attached hydrogen (secondary N) is 1. The van der Waals surface area contributed by atoms with Crippen LogP contribution in [0.5, 0.6) is 0 Å². The standard InChI is InChI=1S/C12H14ClFN4O/c1-2-16-11(19)3-4-18-10-5-7(13)8(14)6-9(10)17-12(18)15/h5-6H,2-4H2,1H3,(H2,15,17)(H,16,19). The zero-order chi connectivity index (χ0) is 14.0. The van der Waals surface area contributed by atoms with Crippen LogP contribution >= 0.6 is 11.6 Å². The second-order valence-electron chi connectivity index (χ2n) is 4.08. The Hall–Kier alpha value is -1.82. The number of nitrogen functional groups attached to an aromatic ring is 1. The van der Waals surface area contributed by atoms with E-state index < -0.39 is 5.82 Å². The molecule has 1 heterocycles. The minimum absolute atomic E-state index is 0.00617. The molecule has 0 fully saturated rings. The van der Waals surface area contributed by atoms with Crippen LogP contribution in [0.15, 0.2) is 12.1 Å². The molecule has 2 rings (SSSR count). The molecule has 0 bridgehead atoms. The lowest BCUT2D eigenvalue weighted by Gasteiger charge is -2.06. The molecule has 0 aliphatic carbocycles. The molecule has 19 heavy (non-hydrogen) atoms. The SMILES string of the molecule is CCNC(=O)CCn1c(N)nc2cc(F)c(Cl)cc21. The summed E-state index contributed by atoms with van der Waals surface area (Å²) in [7, 11) is 0. The van der Waals surface area contributed by atoms with E-state index in [1.807, 2.05) is 6.92 Å². The van der Waals surface area contributed by atoms with E-state index in [-0.39, 0.29) is 23.3 Å². The van der Waals surface area contributed by atoms with Gasteiger partial charge in [0.15, 0.2) is 0 Å². The summed E-state index contributed by atoms with van der Waals surface area (Å²) in [5, 5.41) is 2.70. The first kappa shape index (κ1) is 13.6. The van der Waals surface area contributed by atoms with Crippen LogP contribution in [0.4, 0.5) is 10.3 Å². The zero-order valence-corrected chi connectivity index (χ0v) is 11.2. The van der Waals surface area contributed by atoms with Gasteiger partial charge < -0.3 is 15.6 Å². The second kappa shape index (κ2) is 5.44. The van der Waals surface area contributed by atoms with Gasteiger partial charge in [-0.05, 0) is 13.0 Å². The molecule has 0 aliphatic heterocycles. The Bertz CT molecular complexity index is 626. The maximum Gasteiger partial charge on any atom is 0.221 e. The summed E-state index contributed by atoms with van der Waals surface area (Å²) < 4.78 is 15.0. The van der Waals surface area contributed by atoms with E-state index in [0.29, 0.717) is 24.1 Å². The molecule has 0 radical (unpaired) electrons. The van der Waals surface area contributed by atoms with Gasteiger partial charge in [-0.25, -0.2) is 9.37 Å². The molecule has 3 N–H and O–H groups in total. The molecule has 0 unspecified atom stereocenters. The van der Waals surface area contributed by atoms with Gasteiger partial charge in [0.05, 0.1) is 16.1 Å². The van der Waals surface area contributed by atoms with Crippen LogP contribution in [-0.2, 0) is 11.3 Å². The van der Waals surface area contributed by atoms with Crippen LogP contribution in [-0.4, -0.2) is 22.0 Å². The Balaban J connectivity index is 2.30. The zero-order valence-electron chi connectivity index (χ0n) is 10.4. The summed E-state index contributed by atoms with van der Waals surface area (Å²) in [6, 6.07) is 2.70. The molecule has 0 atom stereocenters. The molecule has 2 aromatic rings. The Morgan fingerprint density at radius 2 is 2.32 bits per heavy atom. The monoisotopic (exact) mass is 284 g/mol. The Morgan fingerprint density at radius 1 is 1.58 bits per heavy atom. The number of hydrogen-bond acceptors (Lipinski definition) is 3. The number of aromatic nitrogens is 2. The summed E-state index contributed by atoms with van der Waals surface area (Å²) in [5.74, 6) is -0.375. The third-order valence-electron chi connectivity index (χ3n) is 2.76. The van der Waals surface area contributed by atoms with Gasteiger partial charge in [-0.1, -0.05) is 11.6 Å². The number of aryl methyl sites for hydroxylation is 1. The van der Waals surface area contributed by atoms with Crippen molar-refractivity contribution >= 4 is 34.5 Å². The Labute approximate surface area is 114 Å². The molecular weight excluding hydrogens is 271 g/mol. The lowest BCUT2D eigenvalue weighted by Crippen LogP contribution is -2.24. The topological polar surface area (TPSA) is 72.9 Å². The van der Waals surface area contributed by atoms with E-state index in [2.05, 4.69) is 10.3 Å². The number of rotatable bonds is 4. The van der Waals surface area contributed by atoms with Gasteiger partial charge in [-0.3, -0.25) is 4.79 Å². The summed E-state index contributed by atoms with van der Waals surface area (Å²) in [4.78, 5) is 15.5. The number of carbonyl (C=O) groups excluding carboxylic acids is 1. The highest BCUT2D eigenvalue weighted by atomic mass is 35.5. The highest BCUT2D eigenvalue weighted by Crippen LogP contribution is 2.24. The van der Waals surface area contributed by atoms with Crippen LogP contribution < -0.4 is 11.1 Å². The van der Waals surface area contributed by atoms with Gasteiger partial charge >= 0.3 is 0 Å². The number of carbonyl (C=O) groups is 1. The molecule has 1 aromatic carbocycles. The average Bonchev–Trinajstić information content (AvgIpc) is 2.63. The predicted octanol–water partition coefficient (Wildman–Crippen LogP) is 1.94. The van der Waals surface area contributed by atoms with Crippen molar-refractivity contribution in [2.75, 3.05) is 12.3 Å². The van der Waals surface area contributed by atoms with Gasteiger partial charge in [-0.15, -0.1) is 0 Å². The van der Waals surface area contributed by atoms with Gasteiger partial charge in [0.25, 0.3) is 0 Å². The first-order chi connectivity index (χ1) is 9.02. The predicted molar refractivity (Wildman–Crippen MR) is 72.4 cm³/mol. The molecule has 0 spiro atoms. The normalized spacial score (nSPS) is 10.9. The van der Waals surface area contributed by atoms with E-state index in [9.17, 15) is 9.18 Å². The number of nitrogens with two attached hydrogens (primary N) is 1. The molecular formula is C12H14ClFN4O. The molecule has 1 amide bonds. The number of imidazole rings is 1. The van der Waals surface area contributed by atoms with Crippen LogP contribution in [0.2, 0.25) is 5.02 Å². The molecule has 102 valence electrons. The first-order valence-corrected chi connectivity index (χ1v) is 6.28. The number of amides is 1. The fourth-order valence-corrected chi connectivity index (χ4v) is 2.03. The van der Waals surface area contributed by atoms with Crippen molar-refractivity contribution in [1.29, 1.82) is 0 Å². The fraction of sp³-hybridized carbons (Fsp3) is 0.333. The van der Waals surface area contributed by atoms with E-state index in [0.717, 1.165) is 0 Å². The first-order valence-electron chi connectivity index (χ1n) is 5.90. The van der Waals surface area contributed by atoms with Crippen LogP contribution in [0, 0.1) is 5.82 Å². The second-order valence-corrected chi connectivity index (χ2v) is 4.49. The van der Waals surface area contributed by atoms with Gasteiger partial charge in [-0.2, -0.15) is 0 Å². The Morgan fingerprint density at radius 3 is 3.00 bits per heavy atom. The van der Waals surface area contributed by atoms with Crippen molar-refractivity contribution in [2.45, 2.75) is 19.9 Å². The van der Waals surface area contributed by atoms with E-state index in [1.165, 1.54) is 12.1 Å². The van der Waals surface area contributed by atoms with Gasteiger partial charge in [0.1, 0.15) is 5.82 Å². The number of halogens is 2. The summed E-state index contributed by atoms with van der Waals surface area (Å²) >= 11 is 5.75. The third-order valence-corrected chi connectivity index (χ3v) is 3.05. The minimum atomic E-state index is -0.539. The number of benzene rings is 1. The molecule has 0 saturated carbocycles. The summed E-state index contributed by atoms with van der Waals surface area (Å²) in [6.07, 6.45) is 0.276. The van der Waals surface area contributed by atoms with Crippen molar-refractivity contribution < 1.29 is 9.18 Å². The van der Waals surface area contributed by atoms with E-state index in [1.54, 1.807) is 4.57 Å². The van der Waals surface area contributed by atoms with Crippen LogP contribution in [0.3, 0.4) is 0 Å². The van der Waals surface area contributed by atoms with Crippen molar-refractivity contribution in [1.82, 2.24) is 14.9 Å². The maximum absolute atomic E-state index is 13.3. The molecule has 1 aromatic heterocycles. The Kier molecular flexibility index (Phi) is 3.90. The maximum atomic E-state index is 13.3. The summed E-state index contributed by atoms with van der Waals surface area (Å²) in [6.45, 7) is 2.80. The quantitative estimate of drug-likeness (QED) is 0.901. The highest BCUT2D eigenvalue weighted by molar-refractivity contribution is 6.31. The van der Waals surface area contributed by atoms with Crippen molar-refractivity contribution in [3.05, 3.63) is 23.0 Å². The van der Waals surface area contributed by atoms with Gasteiger partial charge in [0.2, 0.25) is 11.9 Å². The number of hydrogen-bond donors (Lipinski definition) is 2. The lowest BCUT2D eigenvalue weighted by atomic mass is 10.3. The molecule has 0 saturated heterocycles. The molecule has 5 nitrogen and oxygen atoms in total. The third kappa shape index (κ3) is 2.78. The lowest BCUT2D eigenvalue weighted by molar-refractivity contribution is -0.121. The van der Waals surface area contributed by atoms with Crippen LogP contribution in [0.25, 0.3) is 11.0 Å². The molecule has 0 aliphatic rings. The highest BCUT2D eigenvalue weighted by Gasteiger charge is 2.12. The average molecular weight is 285 g/mol. The molecule has 7 heteroatoms. The van der Waals surface area contributed by atoms with Crippen molar-refractivity contribution in [2.24, 2.45) is 0 Å². The van der Waals surface area contributed by atoms with Crippen molar-refractivity contribution in [3.8, 4) is 0 Å². The fourth-order valence-electron chi connectivity index (χ4n) is 1.87. The largest absolute Gasteiger partial charge is 0.369 e. The summed E-state index contributed by atoms with van der Waals surface area (Å²) in [5.41, 5.74) is 6.81. The van der Waals surface area contributed by atoms with Crippen LogP contribution in [0.1, 0.15) is 13.3 Å². The number of nitrogens with zero attached hydrogens (tertiary/aromatic N) is 2. The number of fused-ring (bicyclic) bond motifs is 1. The van der Waals surface area contributed by atoms with Crippen molar-refractivity contribution in [3.63, 3.8) is 0 Å². The number of anilines is 1. The smallest absolute Gasteiger partial charge is 0.221 e. The van der Waals surface area contributed by atoms with E-state index in [4.69, 9.17) is 17.3 Å². The van der Waals surface area contributed by atoms with E-state index >= 15 is 0 Å².